The largest absolute Gasteiger partial charge is 0.480 e. The summed E-state index contributed by atoms with van der Waals surface area (Å²) in [5.41, 5.74) is 8.48. The fourth-order valence-electron chi connectivity index (χ4n) is 5.38. The van der Waals surface area contributed by atoms with Crippen LogP contribution in [0.1, 0.15) is 36.5 Å². The lowest BCUT2D eigenvalue weighted by atomic mass is 9.76. The molecule has 2 aliphatic rings. The van der Waals surface area contributed by atoms with Crippen LogP contribution in [0.25, 0.3) is 11.1 Å². The number of nitrogen functional groups attached to an aromatic ring is 1. The maximum atomic E-state index is 14.1. The van der Waals surface area contributed by atoms with Gasteiger partial charge in [0.05, 0.1) is 0 Å². The number of alkyl halides is 3. The van der Waals surface area contributed by atoms with E-state index < -0.39 is 24.3 Å². The van der Waals surface area contributed by atoms with Gasteiger partial charge in [-0.05, 0) is 42.7 Å². The molecule has 0 aliphatic carbocycles. The van der Waals surface area contributed by atoms with E-state index in [4.69, 9.17) is 10.5 Å². The highest BCUT2D eigenvalue weighted by Gasteiger charge is 2.45. The number of benzene rings is 2. The van der Waals surface area contributed by atoms with Gasteiger partial charge in [0.1, 0.15) is 11.9 Å². The molecule has 1 aromatic heterocycles. The lowest BCUT2D eigenvalue weighted by Crippen LogP contribution is -2.41. The molecule has 4 N–H and O–H groups in total. The number of rotatable bonds is 6. The SMILES string of the molecule is Cc1ccc(-c2ccc([C@@H](Oc3cc(N4CCC5(CC4)CNC(C(=O)O)C5)nc(N)n3)C(F)(F)F)cc2)cc1. The van der Waals surface area contributed by atoms with Crippen LogP contribution in [0, 0.1) is 12.3 Å². The van der Waals surface area contributed by atoms with E-state index in [1.54, 1.807) is 12.1 Å². The summed E-state index contributed by atoms with van der Waals surface area (Å²) in [4.78, 5) is 21.4. The number of nitrogens with two attached hydrogens (primary N) is 1. The zero-order valence-electron chi connectivity index (χ0n) is 21.4. The number of aromatic nitrogens is 2. The van der Waals surface area contributed by atoms with Gasteiger partial charge in [0.2, 0.25) is 17.9 Å². The molecular weight excluding hydrogens is 511 g/mol. The molecular formula is C28H30F3N5O3. The van der Waals surface area contributed by atoms with Crippen molar-refractivity contribution in [3.05, 3.63) is 65.7 Å². The Morgan fingerprint density at radius 1 is 1.10 bits per heavy atom. The number of carboxylic acid groups (broad SMARTS) is 1. The summed E-state index contributed by atoms with van der Waals surface area (Å²) >= 11 is 0. The highest BCUT2D eigenvalue weighted by molar-refractivity contribution is 5.74. The van der Waals surface area contributed by atoms with Crippen LogP contribution in [-0.2, 0) is 4.79 Å². The summed E-state index contributed by atoms with van der Waals surface area (Å²) in [6, 6.07) is 14.6. The first kappa shape index (κ1) is 26.7. The number of ether oxygens (including phenoxy) is 1. The van der Waals surface area contributed by atoms with Gasteiger partial charge in [-0.3, -0.25) is 4.79 Å². The Labute approximate surface area is 224 Å². The molecule has 5 rings (SSSR count). The van der Waals surface area contributed by atoms with Gasteiger partial charge in [-0.2, -0.15) is 23.1 Å². The summed E-state index contributed by atoms with van der Waals surface area (Å²) in [5, 5.41) is 12.4. The minimum absolute atomic E-state index is 0.0567. The first-order chi connectivity index (χ1) is 18.5. The molecule has 0 bridgehead atoms. The van der Waals surface area contributed by atoms with Crippen LogP contribution in [0.5, 0.6) is 5.88 Å². The Kier molecular flexibility index (Phi) is 7.11. The van der Waals surface area contributed by atoms with E-state index >= 15 is 0 Å². The maximum absolute atomic E-state index is 14.1. The van der Waals surface area contributed by atoms with Gasteiger partial charge >= 0.3 is 12.1 Å². The molecule has 2 aliphatic heterocycles. The van der Waals surface area contributed by atoms with Crippen molar-refractivity contribution >= 4 is 17.7 Å². The Morgan fingerprint density at radius 2 is 1.72 bits per heavy atom. The third kappa shape index (κ3) is 5.93. The summed E-state index contributed by atoms with van der Waals surface area (Å²) in [6.07, 6.45) is -4.94. The average molecular weight is 542 g/mol. The van der Waals surface area contributed by atoms with E-state index in [1.807, 2.05) is 36.1 Å². The minimum atomic E-state index is -4.70. The molecule has 39 heavy (non-hydrogen) atoms. The van der Waals surface area contributed by atoms with Crippen LogP contribution in [-0.4, -0.2) is 52.9 Å². The lowest BCUT2D eigenvalue weighted by molar-refractivity contribution is -0.198. The molecule has 2 aromatic carbocycles. The molecule has 206 valence electrons. The van der Waals surface area contributed by atoms with Gasteiger partial charge in [0.15, 0.2) is 0 Å². The molecule has 2 saturated heterocycles. The number of piperidine rings is 1. The van der Waals surface area contributed by atoms with Crippen molar-refractivity contribution < 1.29 is 27.8 Å². The molecule has 2 fully saturated rings. The van der Waals surface area contributed by atoms with Gasteiger partial charge in [-0.15, -0.1) is 0 Å². The van der Waals surface area contributed by atoms with Crippen LogP contribution >= 0.6 is 0 Å². The predicted molar refractivity (Wildman–Crippen MR) is 140 cm³/mol. The van der Waals surface area contributed by atoms with Crippen LogP contribution in [0.2, 0.25) is 0 Å². The monoisotopic (exact) mass is 541 g/mol. The number of carboxylic acids is 1. The van der Waals surface area contributed by atoms with Crippen molar-refractivity contribution in [3.63, 3.8) is 0 Å². The van der Waals surface area contributed by atoms with E-state index in [0.29, 0.717) is 31.9 Å². The fraction of sp³-hybridized carbons (Fsp3) is 0.393. The van der Waals surface area contributed by atoms with Crippen molar-refractivity contribution in [2.24, 2.45) is 5.41 Å². The van der Waals surface area contributed by atoms with Crippen molar-refractivity contribution in [3.8, 4) is 17.0 Å². The van der Waals surface area contributed by atoms with Gasteiger partial charge in [0.25, 0.3) is 0 Å². The van der Waals surface area contributed by atoms with Gasteiger partial charge in [-0.25, -0.2) is 0 Å². The molecule has 1 unspecified atom stereocenters. The number of halogens is 3. The smallest absolute Gasteiger partial charge is 0.429 e. The first-order valence-electron chi connectivity index (χ1n) is 12.8. The van der Waals surface area contributed by atoms with Crippen LogP contribution in [0.4, 0.5) is 24.9 Å². The summed E-state index contributed by atoms with van der Waals surface area (Å²) in [5.74, 6) is -0.935. The molecule has 2 atom stereocenters. The number of aliphatic carboxylic acids is 1. The Hall–Kier alpha value is -3.86. The normalized spacial score (nSPS) is 19.7. The number of hydrogen-bond donors (Lipinski definition) is 3. The van der Waals surface area contributed by atoms with Crippen LogP contribution in [0.15, 0.2) is 54.6 Å². The minimum Gasteiger partial charge on any atom is -0.480 e. The molecule has 11 heteroatoms. The second-order valence-electron chi connectivity index (χ2n) is 10.4. The molecule has 0 radical (unpaired) electrons. The summed E-state index contributed by atoms with van der Waals surface area (Å²) < 4.78 is 47.8. The number of carbonyl (C=O) groups is 1. The van der Waals surface area contributed by atoms with E-state index in [0.717, 1.165) is 29.5 Å². The van der Waals surface area contributed by atoms with E-state index in [-0.39, 0.29) is 22.8 Å². The Bertz CT molecular complexity index is 1320. The summed E-state index contributed by atoms with van der Waals surface area (Å²) in [7, 11) is 0. The highest BCUT2D eigenvalue weighted by atomic mass is 19.4. The highest BCUT2D eigenvalue weighted by Crippen LogP contribution is 2.41. The van der Waals surface area contributed by atoms with E-state index in [1.165, 1.54) is 18.2 Å². The van der Waals surface area contributed by atoms with Crippen molar-refractivity contribution in [2.45, 2.75) is 44.5 Å². The Balaban J connectivity index is 1.32. The number of nitrogens with one attached hydrogen (secondary N) is 1. The molecule has 0 saturated carbocycles. The zero-order chi connectivity index (χ0) is 27.8. The number of nitrogens with zero attached hydrogens (tertiary/aromatic N) is 3. The van der Waals surface area contributed by atoms with E-state index in [2.05, 4.69) is 15.3 Å². The molecule has 1 spiro atoms. The van der Waals surface area contributed by atoms with E-state index in [9.17, 15) is 23.1 Å². The van der Waals surface area contributed by atoms with Gasteiger partial charge < -0.3 is 25.8 Å². The Morgan fingerprint density at radius 3 is 2.28 bits per heavy atom. The molecule has 3 heterocycles. The van der Waals surface area contributed by atoms with Gasteiger partial charge in [-0.1, -0.05) is 54.1 Å². The lowest BCUT2D eigenvalue weighted by Gasteiger charge is -2.39. The van der Waals surface area contributed by atoms with Gasteiger partial charge in [0, 0.05) is 31.3 Å². The number of aryl methyl sites for hydroxylation is 1. The third-order valence-electron chi connectivity index (χ3n) is 7.65. The second-order valence-corrected chi connectivity index (χ2v) is 10.4. The van der Waals surface area contributed by atoms with Crippen LogP contribution < -0.4 is 20.7 Å². The van der Waals surface area contributed by atoms with Crippen molar-refractivity contribution in [1.82, 2.24) is 15.3 Å². The number of hydrogen-bond acceptors (Lipinski definition) is 7. The molecule has 8 nitrogen and oxygen atoms in total. The standard InChI is InChI=1S/C28H30F3N5O3/c1-17-2-4-18(5-3-17)19-6-8-20(9-7-19)24(28(29,30)31)39-23-14-22(34-26(32)35-23)36-12-10-27(11-13-36)15-21(25(37)38)33-16-27/h2-9,14,21,24,33H,10-13,15-16H2,1H3,(H,37,38)(H2,32,34,35)/t21?,24-/m1/s1. The molecule has 0 amide bonds. The fourth-order valence-corrected chi connectivity index (χ4v) is 5.38. The average Bonchev–Trinajstić information content (AvgIpc) is 3.31. The quantitative estimate of drug-likeness (QED) is 0.410. The second kappa shape index (κ2) is 10.4. The molecule has 3 aromatic rings. The van der Waals surface area contributed by atoms with Crippen molar-refractivity contribution in [2.75, 3.05) is 30.3 Å². The zero-order valence-corrected chi connectivity index (χ0v) is 21.4. The van der Waals surface area contributed by atoms with Crippen LogP contribution in [0.3, 0.4) is 0 Å². The number of anilines is 2. The maximum Gasteiger partial charge on any atom is 0.429 e. The summed E-state index contributed by atoms with van der Waals surface area (Å²) in [6.45, 7) is 3.71. The topological polar surface area (TPSA) is 114 Å². The first-order valence-corrected chi connectivity index (χ1v) is 12.8. The predicted octanol–water partition coefficient (Wildman–Crippen LogP) is 4.75. The third-order valence-corrected chi connectivity index (χ3v) is 7.65. The van der Waals surface area contributed by atoms with Crippen molar-refractivity contribution in [1.29, 1.82) is 0 Å².